The molecule has 0 aliphatic carbocycles. The van der Waals surface area contributed by atoms with Crippen molar-refractivity contribution in [3.8, 4) is 0 Å². The van der Waals surface area contributed by atoms with Gasteiger partial charge in [-0.05, 0) is 42.3 Å². The van der Waals surface area contributed by atoms with E-state index in [0.29, 0.717) is 24.7 Å². The van der Waals surface area contributed by atoms with Gasteiger partial charge < -0.3 is 15.4 Å². The number of nitrogens with one attached hydrogen (secondary N) is 2. The van der Waals surface area contributed by atoms with Gasteiger partial charge in [-0.15, -0.1) is 0 Å². The Morgan fingerprint density at radius 3 is 2.53 bits per heavy atom. The van der Waals surface area contributed by atoms with E-state index >= 15 is 0 Å². The zero-order valence-electron chi connectivity index (χ0n) is 20.9. The maximum Gasteiger partial charge on any atom is 0.434 e. The summed E-state index contributed by atoms with van der Waals surface area (Å²) in [6, 6.07) is 8.70. The lowest BCUT2D eigenvalue weighted by molar-refractivity contribution is -0.141. The second-order valence-electron chi connectivity index (χ2n) is 9.83. The Hall–Kier alpha value is -2.08. The molecule has 2 aromatic heterocycles. The Kier molecular flexibility index (Phi) is 8.37. The van der Waals surface area contributed by atoms with Crippen LogP contribution in [0.2, 0.25) is 10.0 Å². The highest BCUT2D eigenvalue weighted by Gasteiger charge is 2.36. The van der Waals surface area contributed by atoms with Crippen LogP contribution in [0.4, 0.5) is 19.0 Å². The molecule has 3 aromatic rings. The van der Waals surface area contributed by atoms with Crippen LogP contribution >= 0.6 is 23.2 Å². The molecule has 7 nitrogen and oxygen atoms in total. The number of hydrogen-bond donors (Lipinski definition) is 3. The molecular formula is C26H31Cl2F3N6O. The number of rotatable bonds is 8. The van der Waals surface area contributed by atoms with E-state index in [-0.39, 0.29) is 18.5 Å². The molecule has 1 unspecified atom stereocenters. The van der Waals surface area contributed by atoms with Gasteiger partial charge in [-0.2, -0.15) is 13.2 Å². The Labute approximate surface area is 229 Å². The van der Waals surface area contributed by atoms with E-state index in [9.17, 15) is 18.3 Å². The third-order valence-corrected chi connectivity index (χ3v) is 8.00. The fourth-order valence-corrected chi connectivity index (χ4v) is 5.90. The van der Waals surface area contributed by atoms with Crippen LogP contribution in [-0.4, -0.2) is 95.3 Å². The van der Waals surface area contributed by atoms with Crippen molar-refractivity contribution in [2.75, 3.05) is 70.8 Å². The van der Waals surface area contributed by atoms with Crippen molar-refractivity contribution >= 4 is 39.9 Å². The SMILES string of the molecule is OCCN1CCN(CC2c3[nH]c4ccc(Cl)cc4c3CCN2CCNc2ccc(Cl)c(C(F)(F)F)n2)CC1. The molecule has 1 fully saturated rings. The van der Waals surface area contributed by atoms with Gasteiger partial charge in [0.25, 0.3) is 0 Å². The van der Waals surface area contributed by atoms with Crippen molar-refractivity contribution in [1.29, 1.82) is 0 Å². The van der Waals surface area contributed by atoms with Crippen LogP contribution in [0.15, 0.2) is 30.3 Å². The maximum absolute atomic E-state index is 13.2. The van der Waals surface area contributed by atoms with Gasteiger partial charge >= 0.3 is 6.18 Å². The summed E-state index contributed by atoms with van der Waals surface area (Å²) in [5, 5.41) is 13.8. The molecule has 4 heterocycles. The van der Waals surface area contributed by atoms with Gasteiger partial charge in [0.1, 0.15) is 5.82 Å². The number of β-amino-alcohol motifs (C(OH)–C–C–N with tert-alkyl or cyclic N) is 1. The number of aliphatic hydroxyl groups is 1. The zero-order chi connectivity index (χ0) is 26.9. The largest absolute Gasteiger partial charge is 0.434 e. The van der Waals surface area contributed by atoms with E-state index in [2.05, 4.69) is 30.0 Å². The number of fused-ring (bicyclic) bond motifs is 3. The molecular weight excluding hydrogens is 540 g/mol. The molecule has 1 atom stereocenters. The third kappa shape index (κ3) is 6.05. The molecule has 38 heavy (non-hydrogen) atoms. The number of H-pyrrole nitrogens is 1. The highest BCUT2D eigenvalue weighted by atomic mass is 35.5. The molecule has 1 aromatic carbocycles. The van der Waals surface area contributed by atoms with E-state index in [1.54, 1.807) is 0 Å². The minimum absolute atomic E-state index is 0.0973. The topological polar surface area (TPSA) is 70.7 Å². The molecule has 5 rings (SSSR count). The molecule has 0 spiro atoms. The lowest BCUT2D eigenvalue weighted by Crippen LogP contribution is -2.51. The van der Waals surface area contributed by atoms with E-state index in [0.717, 1.165) is 56.6 Å². The predicted molar refractivity (Wildman–Crippen MR) is 144 cm³/mol. The Morgan fingerprint density at radius 2 is 1.79 bits per heavy atom. The first-order valence-corrected chi connectivity index (χ1v) is 13.6. The standard InChI is InChI=1S/C26H31Cl2F3N6O/c27-17-1-3-21-19(15-17)18-5-7-37(8-6-32-23-4-2-20(28)25(34-23)26(29,30)31)22(24(18)33-21)16-36-11-9-35(10-12-36)13-14-38/h1-4,15,22,33,38H,5-14,16H2,(H,32,34). The maximum atomic E-state index is 13.2. The van der Waals surface area contributed by atoms with Crippen LogP contribution in [0.5, 0.6) is 0 Å². The van der Waals surface area contributed by atoms with Gasteiger partial charge in [0, 0.05) is 80.5 Å². The molecule has 2 aliphatic rings. The minimum atomic E-state index is -4.61. The number of aromatic amines is 1. The average Bonchev–Trinajstić information content (AvgIpc) is 3.25. The van der Waals surface area contributed by atoms with Gasteiger partial charge in [0.15, 0.2) is 5.69 Å². The lowest BCUT2D eigenvalue weighted by atomic mass is 9.96. The highest BCUT2D eigenvalue weighted by Crippen LogP contribution is 2.37. The van der Waals surface area contributed by atoms with Crippen molar-refractivity contribution < 1.29 is 18.3 Å². The normalized spacial score (nSPS) is 19.7. The number of anilines is 1. The highest BCUT2D eigenvalue weighted by molar-refractivity contribution is 6.31. The monoisotopic (exact) mass is 570 g/mol. The van der Waals surface area contributed by atoms with Crippen LogP contribution < -0.4 is 5.32 Å². The number of benzene rings is 1. The van der Waals surface area contributed by atoms with Gasteiger partial charge in [0.2, 0.25) is 0 Å². The first-order valence-electron chi connectivity index (χ1n) is 12.8. The average molecular weight is 571 g/mol. The molecule has 12 heteroatoms. The summed E-state index contributed by atoms with van der Waals surface area (Å²) >= 11 is 12.0. The summed E-state index contributed by atoms with van der Waals surface area (Å²) < 4.78 is 39.7. The van der Waals surface area contributed by atoms with E-state index < -0.39 is 16.9 Å². The van der Waals surface area contributed by atoms with Crippen molar-refractivity contribution in [3.63, 3.8) is 0 Å². The van der Waals surface area contributed by atoms with Crippen LogP contribution in [0.25, 0.3) is 10.9 Å². The Balaban J connectivity index is 1.32. The Bertz CT molecular complexity index is 1260. The first-order chi connectivity index (χ1) is 18.2. The van der Waals surface area contributed by atoms with Gasteiger partial charge in [-0.3, -0.25) is 14.7 Å². The van der Waals surface area contributed by atoms with Crippen LogP contribution in [0.3, 0.4) is 0 Å². The van der Waals surface area contributed by atoms with Crippen molar-refractivity contribution in [1.82, 2.24) is 24.7 Å². The van der Waals surface area contributed by atoms with Crippen molar-refractivity contribution in [3.05, 3.63) is 57.3 Å². The number of alkyl halides is 3. The fourth-order valence-electron chi connectivity index (χ4n) is 5.51. The fraction of sp³-hybridized carbons (Fsp3) is 0.500. The van der Waals surface area contributed by atoms with E-state index in [1.807, 2.05) is 18.2 Å². The molecule has 3 N–H and O–H groups in total. The summed E-state index contributed by atoms with van der Waals surface area (Å²) in [7, 11) is 0. The van der Waals surface area contributed by atoms with Crippen LogP contribution in [0.1, 0.15) is 23.0 Å². The van der Waals surface area contributed by atoms with E-state index in [1.165, 1.54) is 23.4 Å². The van der Waals surface area contributed by atoms with Crippen molar-refractivity contribution in [2.45, 2.75) is 18.6 Å². The molecule has 0 bridgehead atoms. The predicted octanol–water partition coefficient (Wildman–Crippen LogP) is 4.51. The van der Waals surface area contributed by atoms with Gasteiger partial charge in [-0.1, -0.05) is 23.2 Å². The summed E-state index contributed by atoms with van der Waals surface area (Å²) in [5.74, 6) is 0.149. The van der Waals surface area contributed by atoms with Gasteiger partial charge in [-0.25, -0.2) is 4.98 Å². The molecule has 1 saturated heterocycles. The first kappa shape index (κ1) is 27.5. The summed E-state index contributed by atoms with van der Waals surface area (Å²) in [6.07, 6.45) is -3.75. The summed E-state index contributed by atoms with van der Waals surface area (Å²) in [6.45, 7) is 7.24. The second-order valence-corrected chi connectivity index (χ2v) is 10.7. The Morgan fingerprint density at radius 1 is 1.03 bits per heavy atom. The number of pyridine rings is 1. The summed E-state index contributed by atoms with van der Waals surface area (Å²) in [5.41, 5.74) is 2.43. The quantitative estimate of drug-likeness (QED) is 0.370. The molecule has 0 radical (unpaired) electrons. The molecule has 206 valence electrons. The smallest absolute Gasteiger partial charge is 0.395 e. The number of hydrogen-bond acceptors (Lipinski definition) is 6. The number of aliphatic hydroxyl groups excluding tert-OH is 1. The zero-order valence-corrected chi connectivity index (χ0v) is 22.4. The number of aromatic nitrogens is 2. The molecule has 2 aliphatic heterocycles. The third-order valence-electron chi connectivity index (χ3n) is 7.46. The van der Waals surface area contributed by atoms with Gasteiger partial charge in [0.05, 0.1) is 17.7 Å². The number of halogens is 5. The van der Waals surface area contributed by atoms with Crippen LogP contribution in [-0.2, 0) is 12.6 Å². The van der Waals surface area contributed by atoms with E-state index in [4.69, 9.17) is 23.2 Å². The van der Waals surface area contributed by atoms with Crippen molar-refractivity contribution in [2.24, 2.45) is 0 Å². The number of piperazine rings is 1. The minimum Gasteiger partial charge on any atom is -0.395 e. The number of nitrogens with zero attached hydrogens (tertiary/aromatic N) is 4. The van der Waals surface area contributed by atoms with Crippen LogP contribution in [0, 0.1) is 0 Å². The second kappa shape index (κ2) is 11.6. The summed E-state index contributed by atoms with van der Waals surface area (Å²) in [4.78, 5) is 14.4. The molecule has 0 saturated carbocycles. The molecule has 0 amide bonds. The lowest BCUT2D eigenvalue weighted by Gasteiger charge is -2.41.